The Kier molecular flexibility index (Phi) is 4.65. The average Bonchev–Trinajstić information content (AvgIpc) is 2.37. The number of hydrogen-bond acceptors (Lipinski definition) is 1. The highest BCUT2D eigenvalue weighted by Crippen LogP contribution is 2.25. The lowest BCUT2D eigenvalue weighted by Crippen LogP contribution is -2.35. The number of likely N-dealkylation sites (N-methyl/N-ethyl adjacent to an activating group) is 1. The third-order valence-electron chi connectivity index (χ3n) is 3.32. The molecule has 0 aromatic heterocycles. The third-order valence-corrected chi connectivity index (χ3v) is 3.32. The van der Waals surface area contributed by atoms with Crippen LogP contribution in [0.5, 0.6) is 0 Å². The second kappa shape index (κ2) is 6.27. The van der Waals surface area contributed by atoms with Gasteiger partial charge in [0, 0.05) is 6.04 Å². The van der Waals surface area contributed by atoms with E-state index >= 15 is 0 Å². The molecule has 0 radical (unpaired) electrons. The van der Waals surface area contributed by atoms with Crippen molar-refractivity contribution in [2.24, 2.45) is 0 Å². The Morgan fingerprint density at radius 3 is 2.45 bits per heavy atom. The largest absolute Gasteiger partial charge is 0.390 e. The molecule has 0 saturated carbocycles. The van der Waals surface area contributed by atoms with E-state index in [9.17, 15) is 13.2 Å². The lowest BCUT2D eigenvalue weighted by Gasteiger charge is -2.20. The van der Waals surface area contributed by atoms with Crippen LogP contribution in [0.3, 0.4) is 0 Å². The molecular weight excluding hydrogens is 263 g/mol. The first-order valence-electron chi connectivity index (χ1n) is 6.76. The summed E-state index contributed by atoms with van der Waals surface area (Å²) in [5.74, 6) is 0. The standard InChI is InChI=1S/C16H18F3N/c1-2-20-14(11-16(17,18)19)10-13-8-5-7-12-6-3-4-9-15(12)13/h3-9,14,20H,2,10-11H2,1H3. The van der Waals surface area contributed by atoms with Gasteiger partial charge in [0.15, 0.2) is 0 Å². The average molecular weight is 281 g/mol. The maximum Gasteiger partial charge on any atom is 0.390 e. The first kappa shape index (κ1) is 14.9. The van der Waals surface area contributed by atoms with Crippen molar-refractivity contribution in [2.45, 2.75) is 32.0 Å². The summed E-state index contributed by atoms with van der Waals surface area (Å²) in [6, 6.07) is 13.0. The molecule has 0 aliphatic heterocycles. The highest BCUT2D eigenvalue weighted by molar-refractivity contribution is 5.85. The number of rotatable bonds is 5. The molecule has 4 heteroatoms. The highest BCUT2D eigenvalue weighted by atomic mass is 19.4. The van der Waals surface area contributed by atoms with E-state index in [2.05, 4.69) is 5.32 Å². The monoisotopic (exact) mass is 281 g/mol. The van der Waals surface area contributed by atoms with Gasteiger partial charge in [0.1, 0.15) is 0 Å². The van der Waals surface area contributed by atoms with Gasteiger partial charge in [0.05, 0.1) is 6.42 Å². The summed E-state index contributed by atoms with van der Waals surface area (Å²) in [5.41, 5.74) is 0.957. The second-order valence-corrected chi connectivity index (χ2v) is 4.92. The molecule has 0 spiro atoms. The molecule has 1 unspecified atom stereocenters. The minimum absolute atomic E-state index is 0.384. The summed E-state index contributed by atoms with van der Waals surface area (Å²) < 4.78 is 37.8. The van der Waals surface area contributed by atoms with Crippen molar-refractivity contribution in [3.05, 3.63) is 48.0 Å². The topological polar surface area (TPSA) is 12.0 Å². The number of fused-ring (bicyclic) bond motifs is 1. The Morgan fingerprint density at radius 2 is 1.75 bits per heavy atom. The molecule has 0 aliphatic carbocycles. The van der Waals surface area contributed by atoms with Crippen molar-refractivity contribution in [1.82, 2.24) is 5.32 Å². The van der Waals surface area contributed by atoms with Gasteiger partial charge in [-0.3, -0.25) is 0 Å². The molecule has 0 heterocycles. The number of hydrogen-bond donors (Lipinski definition) is 1. The van der Waals surface area contributed by atoms with Crippen molar-refractivity contribution in [2.75, 3.05) is 6.54 Å². The summed E-state index contributed by atoms with van der Waals surface area (Å²) in [4.78, 5) is 0. The molecule has 2 aromatic rings. The number of alkyl halides is 3. The molecule has 0 saturated heterocycles. The van der Waals surface area contributed by atoms with Crippen LogP contribution in [0.1, 0.15) is 18.9 Å². The minimum atomic E-state index is -4.14. The van der Waals surface area contributed by atoms with Gasteiger partial charge in [-0.05, 0) is 29.3 Å². The number of nitrogens with one attached hydrogen (secondary N) is 1. The molecule has 2 aromatic carbocycles. The predicted molar refractivity (Wildman–Crippen MR) is 75.8 cm³/mol. The van der Waals surface area contributed by atoms with Gasteiger partial charge in [-0.25, -0.2) is 0 Å². The van der Waals surface area contributed by atoms with Gasteiger partial charge in [0.25, 0.3) is 0 Å². The third kappa shape index (κ3) is 3.97. The van der Waals surface area contributed by atoms with E-state index in [1.807, 2.05) is 49.4 Å². The fourth-order valence-electron chi connectivity index (χ4n) is 2.52. The molecule has 1 atom stereocenters. The van der Waals surface area contributed by atoms with Crippen LogP contribution in [0.2, 0.25) is 0 Å². The summed E-state index contributed by atoms with van der Waals surface area (Å²) in [6.45, 7) is 2.36. The van der Waals surface area contributed by atoms with Crippen molar-refractivity contribution in [1.29, 1.82) is 0 Å². The molecule has 1 nitrogen and oxygen atoms in total. The van der Waals surface area contributed by atoms with Gasteiger partial charge in [0.2, 0.25) is 0 Å². The van der Waals surface area contributed by atoms with Crippen molar-refractivity contribution in [3.63, 3.8) is 0 Å². The normalized spacial score (nSPS) is 13.6. The molecule has 1 N–H and O–H groups in total. The van der Waals surface area contributed by atoms with Crippen molar-refractivity contribution in [3.8, 4) is 0 Å². The van der Waals surface area contributed by atoms with E-state index in [4.69, 9.17) is 0 Å². The molecular formula is C16H18F3N. The van der Waals surface area contributed by atoms with Crippen LogP contribution in [0.15, 0.2) is 42.5 Å². The van der Waals surface area contributed by atoms with Gasteiger partial charge in [-0.2, -0.15) is 13.2 Å². The zero-order valence-corrected chi connectivity index (χ0v) is 11.4. The lowest BCUT2D eigenvalue weighted by atomic mass is 9.97. The molecule has 2 rings (SSSR count). The van der Waals surface area contributed by atoms with E-state index in [1.165, 1.54) is 0 Å². The van der Waals surface area contributed by atoms with Gasteiger partial charge in [-0.15, -0.1) is 0 Å². The lowest BCUT2D eigenvalue weighted by molar-refractivity contribution is -0.139. The quantitative estimate of drug-likeness (QED) is 0.861. The molecule has 0 bridgehead atoms. The summed E-state index contributed by atoms with van der Waals surface area (Å²) >= 11 is 0. The van der Waals surface area contributed by atoms with Crippen LogP contribution in [0.4, 0.5) is 13.2 Å². The van der Waals surface area contributed by atoms with E-state index < -0.39 is 18.6 Å². The Morgan fingerprint density at radius 1 is 1.05 bits per heavy atom. The van der Waals surface area contributed by atoms with Gasteiger partial charge in [-0.1, -0.05) is 49.4 Å². The molecule has 0 aliphatic rings. The zero-order valence-electron chi connectivity index (χ0n) is 11.4. The Bertz CT molecular complexity index is 558. The molecule has 0 fully saturated rings. The number of benzene rings is 2. The maximum absolute atomic E-state index is 12.6. The summed E-state index contributed by atoms with van der Waals surface area (Å²) in [7, 11) is 0. The Hall–Kier alpha value is -1.55. The second-order valence-electron chi connectivity index (χ2n) is 4.92. The van der Waals surface area contributed by atoms with Crippen LogP contribution >= 0.6 is 0 Å². The maximum atomic E-state index is 12.6. The van der Waals surface area contributed by atoms with Crippen molar-refractivity contribution >= 4 is 10.8 Å². The van der Waals surface area contributed by atoms with E-state index in [0.717, 1.165) is 16.3 Å². The van der Waals surface area contributed by atoms with Gasteiger partial charge >= 0.3 is 6.18 Å². The predicted octanol–water partition coefficient (Wildman–Crippen LogP) is 4.31. The summed E-state index contributed by atoms with van der Waals surface area (Å²) in [6.07, 6.45) is -4.56. The van der Waals surface area contributed by atoms with Crippen molar-refractivity contribution < 1.29 is 13.2 Å². The van der Waals surface area contributed by atoms with Crippen LogP contribution in [-0.4, -0.2) is 18.8 Å². The Balaban J connectivity index is 2.24. The SMILES string of the molecule is CCNC(Cc1cccc2ccccc12)CC(F)(F)F. The van der Waals surface area contributed by atoms with Crippen LogP contribution < -0.4 is 5.32 Å². The van der Waals surface area contributed by atoms with Gasteiger partial charge < -0.3 is 5.32 Å². The smallest absolute Gasteiger partial charge is 0.314 e. The zero-order chi connectivity index (χ0) is 14.6. The molecule has 20 heavy (non-hydrogen) atoms. The molecule has 0 amide bonds. The first-order valence-corrected chi connectivity index (χ1v) is 6.76. The fourth-order valence-corrected chi connectivity index (χ4v) is 2.52. The molecule has 108 valence electrons. The first-order chi connectivity index (χ1) is 9.49. The Labute approximate surface area is 116 Å². The van der Waals surface area contributed by atoms with Crippen LogP contribution in [-0.2, 0) is 6.42 Å². The van der Waals surface area contributed by atoms with E-state index in [-0.39, 0.29) is 0 Å². The minimum Gasteiger partial charge on any atom is -0.314 e. The summed E-state index contributed by atoms with van der Waals surface area (Å²) in [5, 5.41) is 5.02. The van der Waals surface area contributed by atoms with E-state index in [0.29, 0.717) is 13.0 Å². The fraction of sp³-hybridized carbons (Fsp3) is 0.375. The van der Waals surface area contributed by atoms with Crippen LogP contribution in [0, 0.1) is 0 Å². The van der Waals surface area contributed by atoms with Crippen LogP contribution in [0.25, 0.3) is 10.8 Å². The number of halogens is 3. The van der Waals surface area contributed by atoms with E-state index in [1.54, 1.807) is 0 Å². The highest BCUT2D eigenvalue weighted by Gasteiger charge is 2.31.